The predicted octanol–water partition coefficient (Wildman–Crippen LogP) is 3.41. The summed E-state index contributed by atoms with van der Waals surface area (Å²) in [5, 5.41) is 2.99. The first-order valence-corrected chi connectivity index (χ1v) is 8.66. The number of benzene rings is 1. The number of hydrogen-bond donors (Lipinski definition) is 1. The highest BCUT2D eigenvalue weighted by molar-refractivity contribution is 7.14. The molecule has 0 fully saturated rings. The van der Waals surface area contributed by atoms with Crippen molar-refractivity contribution in [2.24, 2.45) is 0 Å². The lowest BCUT2D eigenvalue weighted by molar-refractivity contribution is 0.0954. The number of methoxy groups -OCH3 is 1. The number of nitrogens with zero attached hydrogens (tertiary/aromatic N) is 1. The topological polar surface area (TPSA) is 41.6 Å². The van der Waals surface area contributed by atoms with E-state index >= 15 is 0 Å². The van der Waals surface area contributed by atoms with Crippen LogP contribution in [0.3, 0.4) is 0 Å². The van der Waals surface area contributed by atoms with Gasteiger partial charge < -0.3 is 10.1 Å². The molecular formula is C18H22N2O2S. The van der Waals surface area contributed by atoms with Crippen molar-refractivity contribution in [1.29, 1.82) is 0 Å². The molecule has 1 aromatic heterocycles. The Morgan fingerprint density at radius 1 is 1.35 bits per heavy atom. The first kappa shape index (κ1) is 16.0. The fourth-order valence-electron chi connectivity index (χ4n) is 2.78. The van der Waals surface area contributed by atoms with Gasteiger partial charge in [0.2, 0.25) is 0 Å². The highest BCUT2D eigenvalue weighted by Gasteiger charge is 2.25. The van der Waals surface area contributed by atoms with Crippen LogP contribution in [0.4, 0.5) is 0 Å². The van der Waals surface area contributed by atoms with E-state index in [1.54, 1.807) is 18.4 Å². The third-order valence-electron chi connectivity index (χ3n) is 4.20. The second kappa shape index (κ2) is 6.72. The normalized spacial score (nSPS) is 14.1. The molecule has 0 radical (unpaired) electrons. The van der Waals surface area contributed by atoms with E-state index in [1.807, 2.05) is 30.3 Å². The molecule has 0 saturated heterocycles. The van der Waals surface area contributed by atoms with Gasteiger partial charge in [-0.25, -0.2) is 0 Å². The van der Waals surface area contributed by atoms with Gasteiger partial charge in [-0.15, -0.1) is 11.3 Å². The minimum absolute atomic E-state index is 0.00796. The van der Waals surface area contributed by atoms with E-state index in [-0.39, 0.29) is 5.91 Å². The summed E-state index contributed by atoms with van der Waals surface area (Å²) in [5.41, 5.74) is 2.28. The second-order valence-electron chi connectivity index (χ2n) is 6.05. The molecule has 1 amide bonds. The highest BCUT2D eigenvalue weighted by atomic mass is 32.1. The molecule has 23 heavy (non-hydrogen) atoms. The molecule has 1 aliphatic heterocycles. The number of thiophene rings is 1. The molecule has 4 nitrogen and oxygen atoms in total. The summed E-state index contributed by atoms with van der Waals surface area (Å²) in [5.74, 6) is 0.792. The van der Waals surface area contributed by atoms with Crippen LogP contribution in [0.1, 0.15) is 39.5 Å². The number of para-hydroxylation sites is 1. The largest absolute Gasteiger partial charge is 0.496 e. The molecule has 2 aromatic rings. The van der Waals surface area contributed by atoms with E-state index < -0.39 is 0 Å². The number of hydrogen-bond acceptors (Lipinski definition) is 4. The zero-order valence-corrected chi connectivity index (χ0v) is 14.6. The average Bonchev–Trinajstić information content (AvgIpc) is 3.11. The zero-order chi connectivity index (χ0) is 16.4. The Labute approximate surface area is 141 Å². The van der Waals surface area contributed by atoms with Gasteiger partial charge in [0.05, 0.1) is 12.0 Å². The van der Waals surface area contributed by atoms with Gasteiger partial charge in [-0.05, 0) is 31.5 Å². The first-order valence-electron chi connectivity index (χ1n) is 7.84. The van der Waals surface area contributed by atoms with Crippen LogP contribution in [0, 0.1) is 0 Å². The summed E-state index contributed by atoms with van der Waals surface area (Å²) in [6.07, 6.45) is 0. The Kier molecular flexibility index (Phi) is 4.68. The number of carbonyl (C=O) groups excluding carboxylic acids is 1. The van der Waals surface area contributed by atoms with Crippen LogP contribution in [-0.4, -0.2) is 24.0 Å². The minimum atomic E-state index is -0.00796. The maximum atomic E-state index is 12.4. The van der Waals surface area contributed by atoms with E-state index in [2.05, 4.69) is 24.1 Å². The molecule has 1 aromatic carbocycles. The Hall–Kier alpha value is -1.85. The van der Waals surface area contributed by atoms with Crippen molar-refractivity contribution < 1.29 is 9.53 Å². The fraction of sp³-hybridized carbons (Fsp3) is 0.389. The fourth-order valence-corrected chi connectivity index (χ4v) is 3.90. The van der Waals surface area contributed by atoms with Crippen LogP contribution in [-0.2, 0) is 19.6 Å². The summed E-state index contributed by atoms with van der Waals surface area (Å²) in [7, 11) is 1.64. The monoisotopic (exact) mass is 330 g/mol. The van der Waals surface area contributed by atoms with Crippen molar-refractivity contribution in [3.05, 3.63) is 51.2 Å². The SMILES string of the molecule is COc1ccccc1CNC(=O)c1cc2c(s1)CN(C(C)C)C2. The van der Waals surface area contributed by atoms with Gasteiger partial charge in [0, 0.05) is 36.1 Å². The number of rotatable bonds is 5. The van der Waals surface area contributed by atoms with Gasteiger partial charge in [0.15, 0.2) is 0 Å². The summed E-state index contributed by atoms with van der Waals surface area (Å²) >= 11 is 1.61. The smallest absolute Gasteiger partial charge is 0.261 e. The van der Waals surface area contributed by atoms with Gasteiger partial charge in [0.1, 0.15) is 5.75 Å². The van der Waals surface area contributed by atoms with Crippen molar-refractivity contribution >= 4 is 17.2 Å². The predicted molar refractivity (Wildman–Crippen MR) is 92.9 cm³/mol. The molecule has 0 atom stereocenters. The van der Waals surface area contributed by atoms with Gasteiger partial charge >= 0.3 is 0 Å². The van der Waals surface area contributed by atoms with Crippen molar-refractivity contribution in [1.82, 2.24) is 10.2 Å². The number of amides is 1. The second-order valence-corrected chi connectivity index (χ2v) is 7.19. The van der Waals surface area contributed by atoms with Gasteiger partial charge in [-0.2, -0.15) is 0 Å². The van der Waals surface area contributed by atoms with Crippen LogP contribution >= 0.6 is 11.3 Å². The van der Waals surface area contributed by atoms with E-state index in [4.69, 9.17) is 4.74 Å². The third kappa shape index (κ3) is 3.41. The molecule has 2 heterocycles. The van der Waals surface area contributed by atoms with Crippen LogP contribution in [0.2, 0.25) is 0 Å². The summed E-state index contributed by atoms with van der Waals surface area (Å²) in [6.45, 7) is 6.79. The van der Waals surface area contributed by atoms with E-state index in [0.717, 1.165) is 29.3 Å². The summed E-state index contributed by atoms with van der Waals surface area (Å²) < 4.78 is 5.31. The van der Waals surface area contributed by atoms with Gasteiger partial charge in [0.25, 0.3) is 5.91 Å². The lowest BCUT2D eigenvalue weighted by Crippen LogP contribution is -2.25. The molecular weight excluding hydrogens is 308 g/mol. The van der Waals surface area contributed by atoms with Crippen LogP contribution in [0.25, 0.3) is 0 Å². The number of carbonyl (C=O) groups is 1. The maximum absolute atomic E-state index is 12.4. The van der Waals surface area contributed by atoms with E-state index in [9.17, 15) is 4.79 Å². The Balaban J connectivity index is 1.63. The number of ether oxygens (including phenoxy) is 1. The summed E-state index contributed by atoms with van der Waals surface area (Å²) in [6, 6.07) is 10.3. The Bertz CT molecular complexity index is 685. The molecule has 0 aliphatic carbocycles. The average molecular weight is 330 g/mol. The molecule has 1 N–H and O–H groups in total. The quantitative estimate of drug-likeness (QED) is 0.913. The Morgan fingerprint density at radius 3 is 2.83 bits per heavy atom. The number of fused-ring (bicyclic) bond motifs is 1. The molecule has 1 aliphatic rings. The lowest BCUT2D eigenvalue weighted by Gasteiger charge is -2.19. The third-order valence-corrected chi connectivity index (χ3v) is 5.36. The standard InChI is InChI=1S/C18H22N2O2S/c1-12(2)20-10-14-8-16(23-17(14)11-20)18(21)19-9-13-6-4-5-7-15(13)22-3/h4-8,12H,9-11H2,1-3H3,(H,19,21). The van der Waals surface area contributed by atoms with Gasteiger partial charge in [-0.3, -0.25) is 9.69 Å². The molecule has 0 spiro atoms. The molecule has 3 rings (SSSR count). The molecule has 5 heteroatoms. The minimum Gasteiger partial charge on any atom is -0.496 e. The maximum Gasteiger partial charge on any atom is 0.261 e. The van der Waals surface area contributed by atoms with Gasteiger partial charge in [-0.1, -0.05) is 18.2 Å². The molecule has 0 bridgehead atoms. The van der Waals surface area contributed by atoms with E-state index in [0.29, 0.717) is 12.6 Å². The van der Waals surface area contributed by atoms with Crippen LogP contribution in [0.15, 0.2) is 30.3 Å². The highest BCUT2D eigenvalue weighted by Crippen LogP contribution is 2.32. The Morgan fingerprint density at radius 2 is 2.13 bits per heavy atom. The lowest BCUT2D eigenvalue weighted by atomic mass is 10.2. The van der Waals surface area contributed by atoms with Crippen molar-refractivity contribution in [2.75, 3.05) is 7.11 Å². The van der Waals surface area contributed by atoms with Crippen molar-refractivity contribution in [3.63, 3.8) is 0 Å². The zero-order valence-electron chi connectivity index (χ0n) is 13.8. The van der Waals surface area contributed by atoms with Crippen LogP contribution < -0.4 is 10.1 Å². The first-order chi connectivity index (χ1) is 11.1. The van der Waals surface area contributed by atoms with E-state index in [1.165, 1.54) is 10.4 Å². The molecule has 0 saturated carbocycles. The van der Waals surface area contributed by atoms with Crippen molar-refractivity contribution in [2.45, 2.75) is 39.5 Å². The van der Waals surface area contributed by atoms with Crippen LogP contribution in [0.5, 0.6) is 5.75 Å². The molecule has 0 unspecified atom stereocenters. The number of nitrogens with one attached hydrogen (secondary N) is 1. The molecule has 122 valence electrons. The summed E-state index contributed by atoms with van der Waals surface area (Å²) in [4.78, 5) is 16.9. The van der Waals surface area contributed by atoms with Crippen molar-refractivity contribution in [3.8, 4) is 5.75 Å².